The smallest absolute Gasteiger partial charge is 0.411 e. The van der Waals surface area contributed by atoms with Crippen LogP contribution in [0, 0.1) is 5.92 Å². The molecule has 0 spiro atoms. The first-order valence-corrected chi connectivity index (χ1v) is 6.77. The van der Waals surface area contributed by atoms with E-state index in [0.717, 1.165) is 9.96 Å². The Balaban J connectivity index is 3.34. The van der Waals surface area contributed by atoms with Gasteiger partial charge in [-0.15, -0.1) is 0 Å². The lowest BCUT2D eigenvalue weighted by molar-refractivity contribution is -0.0756. The van der Waals surface area contributed by atoms with Gasteiger partial charge in [0, 0.05) is 18.6 Å². The highest BCUT2D eigenvalue weighted by atomic mass is 35.5. The summed E-state index contributed by atoms with van der Waals surface area (Å²) in [6, 6.07) is 4.50. The first kappa shape index (κ1) is 17.3. The molecule has 21 heavy (non-hydrogen) atoms. The zero-order chi connectivity index (χ0) is 16.2. The lowest BCUT2D eigenvalue weighted by Gasteiger charge is -2.25. The van der Waals surface area contributed by atoms with Gasteiger partial charge in [0.1, 0.15) is 0 Å². The van der Waals surface area contributed by atoms with Crippen LogP contribution in [0.4, 0.5) is 10.5 Å². The van der Waals surface area contributed by atoms with E-state index in [2.05, 4.69) is 0 Å². The van der Waals surface area contributed by atoms with Crippen molar-refractivity contribution < 1.29 is 19.5 Å². The Bertz CT molecular complexity index is 534. The van der Waals surface area contributed by atoms with Gasteiger partial charge in [0.15, 0.2) is 0 Å². The SMILES string of the molecule is CON(C)C(=O)c1ccc(Cl)cc1N(CC(C)C)C(=O)O. The molecule has 0 heterocycles. The average molecular weight is 315 g/mol. The van der Waals surface area contributed by atoms with Gasteiger partial charge < -0.3 is 5.11 Å². The summed E-state index contributed by atoms with van der Waals surface area (Å²) in [4.78, 5) is 29.7. The largest absolute Gasteiger partial charge is 0.465 e. The zero-order valence-corrected chi connectivity index (χ0v) is 13.2. The third kappa shape index (κ3) is 4.34. The Morgan fingerprint density at radius 3 is 2.48 bits per heavy atom. The summed E-state index contributed by atoms with van der Waals surface area (Å²) in [6.45, 7) is 4.04. The molecule has 0 saturated carbocycles. The first-order valence-electron chi connectivity index (χ1n) is 6.40. The number of carbonyl (C=O) groups excluding carboxylic acids is 1. The quantitative estimate of drug-likeness (QED) is 0.848. The van der Waals surface area contributed by atoms with Crippen LogP contribution in [-0.4, -0.2) is 42.9 Å². The summed E-state index contributed by atoms with van der Waals surface area (Å²) in [7, 11) is 2.81. The van der Waals surface area contributed by atoms with Crippen molar-refractivity contribution in [1.82, 2.24) is 5.06 Å². The van der Waals surface area contributed by atoms with Gasteiger partial charge in [0.05, 0.1) is 18.4 Å². The fourth-order valence-electron chi connectivity index (χ4n) is 1.81. The van der Waals surface area contributed by atoms with Gasteiger partial charge >= 0.3 is 6.09 Å². The highest BCUT2D eigenvalue weighted by Crippen LogP contribution is 2.27. The topological polar surface area (TPSA) is 70.1 Å². The number of carbonyl (C=O) groups is 2. The molecule has 0 radical (unpaired) electrons. The number of hydroxylamine groups is 2. The lowest BCUT2D eigenvalue weighted by atomic mass is 10.1. The number of hydrogen-bond donors (Lipinski definition) is 1. The minimum atomic E-state index is -1.14. The number of carboxylic acid groups (broad SMARTS) is 1. The normalized spacial score (nSPS) is 10.6. The third-order valence-electron chi connectivity index (χ3n) is 2.82. The van der Waals surface area contributed by atoms with Crippen molar-refractivity contribution in [2.24, 2.45) is 5.92 Å². The van der Waals surface area contributed by atoms with E-state index in [1.807, 2.05) is 13.8 Å². The van der Waals surface area contributed by atoms with Gasteiger partial charge in [-0.05, 0) is 24.1 Å². The number of anilines is 1. The van der Waals surface area contributed by atoms with Gasteiger partial charge in [-0.25, -0.2) is 9.86 Å². The maximum Gasteiger partial charge on any atom is 0.411 e. The summed E-state index contributed by atoms with van der Waals surface area (Å²) >= 11 is 5.94. The first-order chi connectivity index (χ1) is 9.77. The van der Waals surface area contributed by atoms with Gasteiger partial charge in [0.2, 0.25) is 0 Å². The van der Waals surface area contributed by atoms with E-state index in [9.17, 15) is 14.7 Å². The number of halogens is 1. The van der Waals surface area contributed by atoms with Crippen molar-refractivity contribution in [3.8, 4) is 0 Å². The van der Waals surface area contributed by atoms with Crippen LogP contribution < -0.4 is 4.90 Å². The average Bonchev–Trinajstić information content (AvgIpc) is 2.42. The minimum absolute atomic E-state index is 0.100. The second-order valence-electron chi connectivity index (χ2n) is 4.93. The Labute approximate surface area is 128 Å². The van der Waals surface area contributed by atoms with E-state index in [-0.39, 0.29) is 23.7 Å². The fourth-order valence-corrected chi connectivity index (χ4v) is 1.97. The molecule has 0 aliphatic rings. The molecule has 0 aliphatic carbocycles. The van der Waals surface area contributed by atoms with Crippen LogP contribution in [0.2, 0.25) is 5.02 Å². The molecule has 0 bridgehead atoms. The van der Waals surface area contributed by atoms with Crippen molar-refractivity contribution in [2.75, 3.05) is 25.6 Å². The molecular weight excluding hydrogens is 296 g/mol. The van der Waals surface area contributed by atoms with Crippen molar-refractivity contribution in [2.45, 2.75) is 13.8 Å². The molecule has 0 saturated heterocycles. The summed E-state index contributed by atoms with van der Waals surface area (Å²) in [5, 5.41) is 10.8. The minimum Gasteiger partial charge on any atom is -0.465 e. The second kappa shape index (κ2) is 7.28. The van der Waals surface area contributed by atoms with Gasteiger partial charge in [-0.2, -0.15) is 0 Å². The van der Waals surface area contributed by atoms with Crippen LogP contribution in [0.25, 0.3) is 0 Å². The molecule has 0 unspecified atom stereocenters. The third-order valence-corrected chi connectivity index (χ3v) is 3.05. The lowest BCUT2D eigenvalue weighted by Crippen LogP contribution is -2.35. The molecular formula is C14H19ClN2O4. The number of nitrogens with zero attached hydrogens (tertiary/aromatic N) is 2. The van der Waals surface area contributed by atoms with Gasteiger partial charge in [-0.1, -0.05) is 25.4 Å². The standard InChI is InChI=1S/C14H19ClN2O4/c1-9(2)8-17(14(19)20)12-7-10(15)5-6-11(12)13(18)16(3)21-4/h5-7,9H,8H2,1-4H3,(H,19,20). The van der Waals surface area contributed by atoms with Crippen molar-refractivity contribution >= 4 is 29.3 Å². The van der Waals surface area contributed by atoms with Crippen LogP contribution in [0.3, 0.4) is 0 Å². The molecule has 1 aromatic rings. The Hall–Kier alpha value is -1.79. The second-order valence-corrected chi connectivity index (χ2v) is 5.37. The molecule has 0 aromatic heterocycles. The van der Waals surface area contributed by atoms with Crippen LogP contribution in [0.1, 0.15) is 24.2 Å². The molecule has 7 heteroatoms. The predicted molar refractivity (Wildman–Crippen MR) is 80.8 cm³/mol. The zero-order valence-electron chi connectivity index (χ0n) is 12.5. The number of hydrogen-bond acceptors (Lipinski definition) is 3. The van der Waals surface area contributed by atoms with Gasteiger partial charge in [0.25, 0.3) is 5.91 Å². The summed E-state index contributed by atoms with van der Waals surface area (Å²) in [6.07, 6.45) is -1.14. The van der Waals surface area contributed by atoms with Crippen molar-refractivity contribution in [3.05, 3.63) is 28.8 Å². The number of amides is 2. The van der Waals surface area contributed by atoms with Crippen LogP contribution in [-0.2, 0) is 4.84 Å². The fraction of sp³-hybridized carbons (Fsp3) is 0.429. The molecule has 1 aromatic carbocycles. The molecule has 0 atom stereocenters. The Morgan fingerprint density at radius 1 is 1.38 bits per heavy atom. The highest BCUT2D eigenvalue weighted by Gasteiger charge is 2.24. The van der Waals surface area contributed by atoms with E-state index in [1.54, 1.807) is 0 Å². The van der Waals surface area contributed by atoms with Crippen LogP contribution >= 0.6 is 11.6 Å². The predicted octanol–water partition coefficient (Wildman–Crippen LogP) is 3.11. The van der Waals surface area contributed by atoms with E-state index in [4.69, 9.17) is 16.4 Å². The Kier molecular flexibility index (Phi) is 5.99. The summed E-state index contributed by atoms with van der Waals surface area (Å²) < 4.78 is 0. The van der Waals surface area contributed by atoms with E-state index < -0.39 is 12.0 Å². The number of benzene rings is 1. The molecule has 116 valence electrons. The summed E-state index contributed by atoms with van der Waals surface area (Å²) in [5.74, 6) is -0.345. The summed E-state index contributed by atoms with van der Waals surface area (Å²) in [5.41, 5.74) is 0.462. The molecule has 1 N–H and O–H groups in total. The van der Waals surface area contributed by atoms with Crippen LogP contribution in [0.15, 0.2) is 18.2 Å². The molecule has 2 amide bonds. The van der Waals surface area contributed by atoms with E-state index in [0.29, 0.717) is 5.02 Å². The monoisotopic (exact) mass is 314 g/mol. The van der Waals surface area contributed by atoms with E-state index >= 15 is 0 Å². The highest BCUT2D eigenvalue weighted by molar-refractivity contribution is 6.31. The molecule has 1 rings (SSSR count). The maximum atomic E-state index is 12.3. The van der Waals surface area contributed by atoms with Crippen LogP contribution in [0.5, 0.6) is 0 Å². The van der Waals surface area contributed by atoms with Crippen molar-refractivity contribution in [3.63, 3.8) is 0 Å². The molecule has 6 nitrogen and oxygen atoms in total. The Morgan fingerprint density at radius 2 is 2.00 bits per heavy atom. The van der Waals surface area contributed by atoms with E-state index in [1.165, 1.54) is 32.4 Å². The maximum absolute atomic E-state index is 12.3. The number of rotatable bonds is 5. The van der Waals surface area contributed by atoms with Crippen molar-refractivity contribution in [1.29, 1.82) is 0 Å². The van der Waals surface area contributed by atoms with Gasteiger partial charge in [-0.3, -0.25) is 14.5 Å². The molecule has 0 fully saturated rings. The molecule has 0 aliphatic heterocycles.